The van der Waals surface area contributed by atoms with E-state index in [1.54, 1.807) is 4.90 Å². The number of aromatic nitrogens is 1. The molecule has 0 spiro atoms. The third-order valence-corrected chi connectivity index (χ3v) is 3.19. The Labute approximate surface area is 103 Å². The highest BCUT2D eigenvalue weighted by molar-refractivity contribution is 5.96. The number of hydrogen-bond donors (Lipinski definition) is 2. The Kier molecular flexibility index (Phi) is 2.30. The lowest BCUT2D eigenvalue weighted by Gasteiger charge is -2.43. The molecule has 0 radical (unpaired) electrons. The van der Waals surface area contributed by atoms with E-state index in [0.29, 0.717) is 13.2 Å². The first kappa shape index (κ1) is 11.1. The van der Waals surface area contributed by atoms with Gasteiger partial charge in [0.1, 0.15) is 6.17 Å². The minimum atomic E-state index is -0.559. The quantitative estimate of drug-likeness (QED) is 0.637. The van der Waals surface area contributed by atoms with Crippen LogP contribution < -0.4 is 10.9 Å². The minimum Gasteiger partial charge on any atom is -0.502 e. The molecule has 1 aromatic rings. The predicted molar refractivity (Wildman–Crippen MR) is 62.0 cm³/mol. The van der Waals surface area contributed by atoms with E-state index in [2.05, 4.69) is 5.43 Å². The van der Waals surface area contributed by atoms with Crippen LogP contribution in [0.25, 0.3) is 0 Å². The van der Waals surface area contributed by atoms with Gasteiger partial charge in [-0.25, -0.2) is 0 Å². The molecule has 7 nitrogen and oxygen atoms in total. The molecular weight excluding hydrogens is 238 g/mol. The number of hydrogen-bond acceptors (Lipinski definition) is 5. The van der Waals surface area contributed by atoms with Crippen molar-refractivity contribution in [3.05, 3.63) is 28.2 Å². The lowest BCUT2D eigenvalue weighted by molar-refractivity contribution is -0.0435. The number of carbonyl (C=O) groups excluding carboxylic acids is 1. The summed E-state index contributed by atoms with van der Waals surface area (Å²) in [5, 5.41) is 9.72. The van der Waals surface area contributed by atoms with Crippen LogP contribution in [-0.2, 0) is 4.74 Å². The van der Waals surface area contributed by atoms with Gasteiger partial charge in [0, 0.05) is 18.8 Å². The predicted octanol–water partition coefficient (Wildman–Crippen LogP) is -0.702. The number of amides is 1. The summed E-state index contributed by atoms with van der Waals surface area (Å²) in [7, 11) is 0. The molecule has 3 heterocycles. The average molecular weight is 251 g/mol. The number of carbonyl (C=O) groups is 1. The van der Waals surface area contributed by atoms with Crippen molar-refractivity contribution in [2.24, 2.45) is 0 Å². The highest BCUT2D eigenvalue weighted by atomic mass is 16.5. The first-order valence-electron chi connectivity index (χ1n) is 5.71. The van der Waals surface area contributed by atoms with Gasteiger partial charge in [-0.2, -0.15) is 0 Å². The molecule has 2 atom stereocenters. The van der Waals surface area contributed by atoms with Crippen LogP contribution in [0.5, 0.6) is 5.75 Å². The fourth-order valence-corrected chi connectivity index (χ4v) is 2.27. The number of nitrogens with one attached hydrogen (secondary N) is 1. The Morgan fingerprint density at radius 2 is 2.28 bits per heavy atom. The van der Waals surface area contributed by atoms with Crippen LogP contribution in [0.3, 0.4) is 0 Å². The maximum absolute atomic E-state index is 12.3. The summed E-state index contributed by atoms with van der Waals surface area (Å²) in [5.41, 5.74) is 2.44. The monoisotopic (exact) mass is 251 g/mol. The smallest absolute Gasteiger partial charge is 0.278 e. The van der Waals surface area contributed by atoms with Crippen LogP contribution in [0, 0.1) is 0 Å². The highest BCUT2D eigenvalue weighted by Gasteiger charge is 2.38. The number of ether oxygens (including phenoxy) is 1. The van der Waals surface area contributed by atoms with Crippen molar-refractivity contribution >= 4 is 5.91 Å². The third-order valence-electron chi connectivity index (χ3n) is 3.19. The van der Waals surface area contributed by atoms with Gasteiger partial charge in [-0.1, -0.05) is 0 Å². The van der Waals surface area contributed by atoms with E-state index in [1.165, 1.54) is 16.9 Å². The Morgan fingerprint density at radius 1 is 1.50 bits per heavy atom. The van der Waals surface area contributed by atoms with Crippen molar-refractivity contribution in [3.8, 4) is 5.75 Å². The van der Waals surface area contributed by atoms with E-state index in [4.69, 9.17) is 4.74 Å². The van der Waals surface area contributed by atoms with Gasteiger partial charge >= 0.3 is 0 Å². The van der Waals surface area contributed by atoms with E-state index in [-0.39, 0.29) is 23.9 Å². The largest absolute Gasteiger partial charge is 0.502 e. The molecule has 1 aromatic heterocycles. The topological polar surface area (TPSA) is 83.8 Å². The Morgan fingerprint density at radius 3 is 3.06 bits per heavy atom. The fraction of sp³-hybridized carbons (Fsp3) is 0.455. The van der Waals surface area contributed by atoms with E-state index in [9.17, 15) is 14.7 Å². The summed E-state index contributed by atoms with van der Waals surface area (Å²) in [6, 6.07) is 1.21. The molecule has 2 N–H and O–H groups in total. The van der Waals surface area contributed by atoms with Gasteiger partial charge in [0.15, 0.2) is 11.4 Å². The second kappa shape index (κ2) is 3.74. The molecule has 2 aliphatic heterocycles. The molecule has 0 aromatic carbocycles. The van der Waals surface area contributed by atoms with Crippen LogP contribution in [0.2, 0.25) is 0 Å². The van der Waals surface area contributed by atoms with Crippen LogP contribution in [0.15, 0.2) is 17.1 Å². The molecule has 0 unspecified atom stereocenters. The van der Waals surface area contributed by atoms with Crippen LogP contribution in [-0.4, -0.2) is 46.0 Å². The standard InChI is InChI=1S/C11H13N3O4/c1-6-4-13-8(5-18-6)12-14-3-2-7(15)10(16)9(14)11(13)17/h2-3,6,8,12,16H,4-5H2,1H3/t6-,8-/m0/s1. The summed E-state index contributed by atoms with van der Waals surface area (Å²) in [5.74, 6) is -0.878. The highest BCUT2D eigenvalue weighted by Crippen LogP contribution is 2.22. The number of rotatable bonds is 0. The van der Waals surface area contributed by atoms with E-state index in [0.717, 1.165) is 0 Å². The maximum Gasteiger partial charge on any atom is 0.278 e. The van der Waals surface area contributed by atoms with Crippen molar-refractivity contribution in [2.45, 2.75) is 19.2 Å². The average Bonchev–Trinajstić information content (AvgIpc) is 2.35. The van der Waals surface area contributed by atoms with Crippen molar-refractivity contribution < 1.29 is 14.6 Å². The number of aromatic hydroxyl groups is 1. The van der Waals surface area contributed by atoms with Gasteiger partial charge in [-0.05, 0) is 6.92 Å². The number of fused-ring (bicyclic) bond motifs is 2. The lowest BCUT2D eigenvalue weighted by Crippen LogP contribution is -2.60. The molecule has 0 bridgehead atoms. The van der Waals surface area contributed by atoms with Gasteiger partial charge in [-0.3, -0.25) is 14.3 Å². The summed E-state index contributed by atoms with van der Waals surface area (Å²) in [6.45, 7) is 2.67. The van der Waals surface area contributed by atoms with Gasteiger partial charge in [0.25, 0.3) is 5.91 Å². The molecule has 0 saturated carbocycles. The molecule has 3 rings (SSSR count). The minimum absolute atomic E-state index is 0.0205. The molecule has 18 heavy (non-hydrogen) atoms. The van der Waals surface area contributed by atoms with Crippen LogP contribution in [0.1, 0.15) is 17.4 Å². The first-order chi connectivity index (χ1) is 8.58. The van der Waals surface area contributed by atoms with E-state index >= 15 is 0 Å². The maximum atomic E-state index is 12.3. The lowest BCUT2D eigenvalue weighted by atomic mass is 10.2. The Hall–Kier alpha value is -2.02. The normalized spacial score (nSPS) is 26.3. The third kappa shape index (κ3) is 1.47. The van der Waals surface area contributed by atoms with Crippen LogP contribution in [0.4, 0.5) is 0 Å². The van der Waals surface area contributed by atoms with Crippen LogP contribution >= 0.6 is 0 Å². The summed E-state index contributed by atoms with van der Waals surface area (Å²) in [4.78, 5) is 25.2. The van der Waals surface area contributed by atoms with Crippen molar-refractivity contribution in [3.63, 3.8) is 0 Å². The zero-order valence-corrected chi connectivity index (χ0v) is 9.79. The van der Waals surface area contributed by atoms with E-state index in [1.807, 2.05) is 6.92 Å². The molecule has 2 aliphatic rings. The molecule has 1 fully saturated rings. The SMILES string of the molecule is C[C@H]1CN2C(=O)c3c(O)c(=O)ccn3N[C@@H]2CO1. The molecular formula is C11H13N3O4. The zero-order chi connectivity index (χ0) is 12.9. The van der Waals surface area contributed by atoms with Crippen molar-refractivity contribution in [1.82, 2.24) is 9.58 Å². The Bertz CT molecular complexity index is 568. The molecule has 96 valence electrons. The second-order valence-corrected chi connectivity index (χ2v) is 4.49. The van der Waals surface area contributed by atoms with Crippen molar-refractivity contribution in [2.75, 3.05) is 18.6 Å². The number of morpholine rings is 1. The molecule has 7 heteroatoms. The number of pyridine rings is 1. The molecule has 1 saturated heterocycles. The van der Waals surface area contributed by atoms with Crippen molar-refractivity contribution in [1.29, 1.82) is 0 Å². The van der Waals surface area contributed by atoms with Gasteiger partial charge in [0.2, 0.25) is 5.43 Å². The zero-order valence-electron chi connectivity index (χ0n) is 9.79. The molecule has 0 aliphatic carbocycles. The van der Waals surface area contributed by atoms with Gasteiger partial charge in [-0.15, -0.1) is 0 Å². The van der Waals surface area contributed by atoms with Gasteiger partial charge in [0.05, 0.1) is 12.7 Å². The Balaban J connectivity index is 2.08. The van der Waals surface area contributed by atoms with E-state index < -0.39 is 11.2 Å². The fourth-order valence-electron chi connectivity index (χ4n) is 2.27. The summed E-state index contributed by atoms with van der Waals surface area (Å²) >= 11 is 0. The van der Waals surface area contributed by atoms with Gasteiger partial charge < -0.3 is 20.2 Å². The second-order valence-electron chi connectivity index (χ2n) is 4.49. The summed E-state index contributed by atoms with van der Waals surface area (Å²) in [6.07, 6.45) is 1.10. The summed E-state index contributed by atoms with van der Waals surface area (Å²) < 4.78 is 6.85. The first-order valence-corrected chi connectivity index (χ1v) is 5.71. The number of nitrogens with zero attached hydrogens (tertiary/aromatic N) is 2. The molecule has 1 amide bonds.